The van der Waals surface area contributed by atoms with Crippen molar-refractivity contribution in [1.29, 1.82) is 0 Å². The first-order chi connectivity index (χ1) is 11.7. The average Bonchev–Trinajstić information content (AvgIpc) is 3.09. The summed E-state index contributed by atoms with van der Waals surface area (Å²) >= 11 is 1.51. The van der Waals surface area contributed by atoms with Crippen LogP contribution in [0.25, 0.3) is 10.2 Å². The molecule has 0 bridgehead atoms. The van der Waals surface area contributed by atoms with Gasteiger partial charge in [0, 0.05) is 5.69 Å². The molecule has 3 rings (SSSR count). The maximum atomic E-state index is 12.2. The van der Waals surface area contributed by atoms with Crippen LogP contribution in [-0.2, 0) is 4.79 Å². The molecule has 5 nitrogen and oxygen atoms in total. The zero-order valence-corrected chi connectivity index (χ0v) is 14.5. The molecule has 0 unspecified atom stereocenters. The number of nitrogens with zero attached hydrogens (tertiary/aromatic N) is 2. The van der Waals surface area contributed by atoms with E-state index in [9.17, 15) is 4.79 Å². The minimum atomic E-state index is -0.201. The van der Waals surface area contributed by atoms with Crippen molar-refractivity contribution in [3.63, 3.8) is 0 Å². The number of thiophene rings is 1. The third kappa shape index (κ3) is 3.54. The van der Waals surface area contributed by atoms with Gasteiger partial charge in [-0.2, -0.15) is 0 Å². The lowest BCUT2D eigenvalue weighted by molar-refractivity contribution is -0.118. The van der Waals surface area contributed by atoms with Gasteiger partial charge in [0.05, 0.1) is 5.39 Å². The van der Waals surface area contributed by atoms with Crippen molar-refractivity contribution in [1.82, 2.24) is 9.97 Å². The molecule has 1 amide bonds. The maximum Gasteiger partial charge on any atom is 0.262 e. The molecule has 1 aromatic carbocycles. The summed E-state index contributed by atoms with van der Waals surface area (Å²) in [4.78, 5) is 21.4. The minimum absolute atomic E-state index is 0.0865. The quantitative estimate of drug-likeness (QED) is 0.729. The average molecular weight is 341 g/mol. The third-order valence-corrected chi connectivity index (χ3v) is 4.76. The molecule has 124 valence electrons. The molecule has 0 saturated carbocycles. The Balaban J connectivity index is 1.67. The smallest absolute Gasteiger partial charge is 0.262 e. The second-order valence-electron chi connectivity index (χ2n) is 5.55. The molecule has 6 heteroatoms. The highest BCUT2D eigenvalue weighted by molar-refractivity contribution is 7.16. The molecule has 24 heavy (non-hydrogen) atoms. The van der Waals surface area contributed by atoms with E-state index in [4.69, 9.17) is 4.74 Å². The van der Waals surface area contributed by atoms with Gasteiger partial charge in [0.1, 0.15) is 11.2 Å². The largest absolute Gasteiger partial charge is 0.467 e. The number of hydrogen-bond acceptors (Lipinski definition) is 5. The Bertz CT molecular complexity index is 847. The van der Waals surface area contributed by atoms with E-state index in [1.54, 1.807) is 0 Å². The van der Waals surface area contributed by atoms with Gasteiger partial charge in [-0.3, -0.25) is 4.79 Å². The van der Waals surface area contributed by atoms with Gasteiger partial charge in [-0.05, 0) is 35.4 Å². The molecular weight excluding hydrogens is 322 g/mol. The molecule has 0 saturated heterocycles. The van der Waals surface area contributed by atoms with Crippen LogP contribution in [-0.4, -0.2) is 22.5 Å². The predicted molar refractivity (Wildman–Crippen MR) is 96.7 cm³/mol. The Labute approximate surface area is 144 Å². The molecule has 0 aliphatic carbocycles. The summed E-state index contributed by atoms with van der Waals surface area (Å²) in [6.45, 7) is 4.19. The van der Waals surface area contributed by atoms with Gasteiger partial charge in [-0.15, -0.1) is 11.3 Å². The number of amides is 1. The van der Waals surface area contributed by atoms with Crippen molar-refractivity contribution >= 4 is 33.1 Å². The maximum absolute atomic E-state index is 12.2. The topological polar surface area (TPSA) is 64.1 Å². The molecular formula is C18H19N3O2S. The van der Waals surface area contributed by atoms with Gasteiger partial charge in [0.2, 0.25) is 5.88 Å². The van der Waals surface area contributed by atoms with Crippen molar-refractivity contribution in [2.75, 3.05) is 11.9 Å². The van der Waals surface area contributed by atoms with Crippen molar-refractivity contribution in [2.45, 2.75) is 26.2 Å². The first kappa shape index (κ1) is 16.4. The van der Waals surface area contributed by atoms with E-state index in [-0.39, 0.29) is 12.5 Å². The number of carbonyl (C=O) groups excluding carboxylic acids is 1. The minimum Gasteiger partial charge on any atom is -0.467 e. The van der Waals surface area contributed by atoms with Crippen molar-refractivity contribution < 1.29 is 9.53 Å². The highest BCUT2D eigenvalue weighted by Gasteiger charge is 2.12. The third-order valence-electron chi connectivity index (χ3n) is 3.94. The van der Waals surface area contributed by atoms with Gasteiger partial charge < -0.3 is 10.1 Å². The van der Waals surface area contributed by atoms with Gasteiger partial charge in [0.15, 0.2) is 6.61 Å². The summed E-state index contributed by atoms with van der Waals surface area (Å²) in [6.07, 6.45) is 2.46. The molecule has 1 atom stereocenters. The van der Waals surface area contributed by atoms with Gasteiger partial charge in [0.25, 0.3) is 5.91 Å². The second-order valence-corrected chi connectivity index (χ2v) is 6.45. The molecule has 0 aliphatic heterocycles. The van der Waals surface area contributed by atoms with Crippen LogP contribution < -0.4 is 10.1 Å². The number of rotatable bonds is 6. The van der Waals surface area contributed by atoms with Crippen LogP contribution >= 0.6 is 11.3 Å². The molecule has 2 heterocycles. The number of nitrogens with one attached hydrogen (secondary N) is 1. The fourth-order valence-electron chi connectivity index (χ4n) is 2.46. The van der Waals surface area contributed by atoms with Crippen LogP contribution in [0.4, 0.5) is 5.69 Å². The lowest BCUT2D eigenvalue weighted by atomic mass is 9.97. The molecule has 0 aliphatic rings. The molecule has 2 aromatic heterocycles. The Morgan fingerprint density at radius 3 is 2.96 bits per heavy atom. The standard InChI is InChI=1S/C18H19N3O2S/c1-3-12(2)13-6-4-5-7-15(13)21-16(22)10-23-17-14-8-9-24-18(14)20-11-19-17/h4-9,11-12H,3,10H2,1-2H3,(H,21,22)/t12-/m0/s1. The Morgan fingerprint density at radius 1 is 1.29 bits per heavy atom. The van der Waals surface area contributed by atoms with Crippen LogP contribution in [0.2, 0.25) is 0 Å². The zero-order chi connectivity index (χ0) is 16.9. The monoisotopic (exact) mass is 341 g/mol. The van der Waals surface area contributed by atoms with Gasteiger partial charge in [-0.1, -0.05) is 32.0 Å². The van der Waals surface area contributed by atoms with Crippen LogP contribution in [0.3, 0.4) is 0 Å². The van der Waals surface area contributed by atoms with Crippen molar-refractivity contribution in [3.05, 3.63) is 47.6 Å². The summed E-state index contributed by atoms with van der Waals surface area (Å²) in [6, 6.07) is 9.76. The van der Waals surface area contributed by atoms with E-state index < -0.39 is 0 Å². The number of anilines is 1. The summed E-state index contributed by atoms with van der Waals surface area (Å²) in [5.74, 6) is 0.620. The van der Waals surface area contributed by atoms with E-state index in [1.165, 1.54) is 17.7 Å². The summed E-state index contributed by atoms with van der Waals surface area (Å²) < 4.78 is 5.58. The number of fused-ring (bicyclic) bond motifs is 1. The number of hydrogen-bond donors (Lipinski definition) is 1. The normalized spacial score (nSPS) is 12.1. The Hall–Kier alpha value is -2.47. The fraction of sp³-hybridized carbons (Fsp3) is 0.278. The molecule has 1 N–H and O–H groups in total. The first-order valence-corrected chi connectivity index (χ1v) is 8.76. The van der Waals surface area contributed by atoms with Crippen molar-refractivity contribution in [2.24, 2.45) is 0 Å². The first-order valence-electron chi connectivity index (χ1n) is 7.88. The molecule has 0 radical (unpaired) electrons. The van der Waals surface area contributed by atoms with Gasteiger partial charge in [-0.25, -0.2) is 9.97 Å². The number of carbonyl (C=O) groups is 1. The zero-order valence-electron chi connectivity index (χ0n) is 13.7. The van der Waals surface area contributed by atoms with E-state index in [0.717, 1.165) is 27.9 Å². The van der Waals surface area contributed by atoms with E-state index in [2.05, 4.69) is 29.1 Å². The van der Waals surface area contributed by atoms with E-state index in [0.29, 0.717) is 11.8 Å². The lowest BCUT2D eigenvalue weighted by Crippen LogP contribution is -2.21. The van der Waals surface area contributed by atoms with E-state index >= 15 is 0 Å². The fourth-order valence-corrected chi connectivity index (χ4v) is 3.19. The van der Waals surface area contributed by atoms with Crippen LogP contribution in [0.15, 0.2) is 42.0 Å². The Kier molecular flexibility index (Phi) is 5.05. The summed E-state index contributed by atoms with van der Waals surface area (Å²) in [5.41, 5.74) is 1.97. The van der Waals surface area contributed by atoms with Crippen molar-refractivity contribution in [3.8, 4) is 5.88 Å². The number of para-hydroxylation sites is 1. The number of benzene rings is 1. The SMILES string of the molecule is CC[C@H](C)c1ccccc1NC(=O)COc1ncnc2sccc12. The van der Waals surface area contributed by atoms with Crippen LogP contribution in [0.1, 0.15) is 31.7 Å². The Morgan fingerprint density at radius 2 is 2.12 bits per heavy atom. The summed E-state index contributed by atoms with van der Waals surface area (Å²) in [5, 5.41) is 5.69. The lowest BCUT2D eigenvalue weighted by Gasteiger charge is -2.15. The number of ether oxygens (including phenoxy) is 1. The second kappa shape index (κ2) is 7.40. The highest BCUT2D eigenvalue weighted by atomic mass is 32.1. The van der Waals surface area contributed by atoms with Gasteiger partial charge >= 0.3 is 0 Å². The van der Waals surface area contributed by atoms with Crippen LogP contribution in [0, 0.1) is 0 Å². The summed E-state index contributed by atoms with van der Waals surface area (Å²) in [7, 11) is 0. The highest BCUT2D eigenvalue weighted by Crippen LogP contribution is 2.27. The molecule has 0 spiro atoms. The number of aromatic nitrogens is 2. The predicted octanol–water partition coefficient (Wildman–Crippen LogP) is 4.22. The van der Waals surface area contributed by atoms with E-state index in [1.807, 2.05) is 35.7 Å². The molecule has 3 aromatic rings. The van der Waals surface area contributed by atoms with Crippen LogP contribution in [0.5, 0.6) is 5.88 Å². The molecule has 0 fully saturated rings.